The third kappa shape index (κ3) is 5.23. The minimum Gasteiger partial charge on any atom is -0.462 e. The van der Waals surface area contributed by atoms with E-state index in [9.17, 15) is 0 Å². The highest BCUT2D eigenvalue weighted by Gasteiger charge is 2.13. The van der Waals surface area contributed by atoms with Gasteiger partial charge in [-0.1, -0.05) is 11.8 Å². The molecule has 0 aromatic carbocycles. The first-order valence-corrected chi connectivity index (χ1v) is 8.81. The molecule has 2 aromatic rings. The molecule has 1 N–H and O–H groups in total. The van der Waals surface area contributed by atoms with E-state index in [0.29, 0.717) is 17.6 Å². The second-order valence-electron chi connectivity index (χ2n) is 5.30. The number of hydrogen-bond acceptors (Lipinski definition) is 6. The van der Waals surface area contributed by atoms with Crippen molar-refractivity contribution in [3.8, 4) is 0 Å². The number of hydrogen-bond donors (Lipinski definition) is 1. The van der Waals surface area contributed by atoms with Crippen molar-refractivity contribution in [1.29, 1.82) is 0 Å². The smallest absolute Gasteiger partial charge is 0.208 e. The molecule has 3 rings (SSSR count). The van der Waals surface area contributed by atoms with Crippen LogP contribution >= 0.6 is 11.8 Å². The maximum absolute atomic E-state index is 5.68. The molecule has 6 nitrogen and oxygen atoms in total. The molecule has 0 spiro atoms. The van der Waals surface area contributed by atoms with Gasteiger partial charge in [-0.05, 0) is 50.5 Å². The summed E-state index contributed by atoms with van der Waals surface area (Å²) >= 11 is 1.56. The Morgan fingerprint density at radius 2 is 2.35 bits per heavy atom. The van der Waals surface area contributed by atoms with Gasteiger partial charge >= 0.3 is 0 Å². The van der Waals surface area contributed by atoms with E-state index in [1.807, 2.05) is 31.2 Å². The predicted molar refractivity (Wildman–Crippen MR) is 89.0 cm³/mol. The second kappa shape index (κ2) is 8.33. The summed E-state index contributed by atoms with van der Waals surface area (Å²) in [6.45, 7) is 3.37. The molecule has 1 atom stereocenters. The number of thioether (sulfide) groups is 1. The zero-order valence-corrected chi connectivity index (χ0v) is 14.0. The summed E-state index contributed by atoms with van der Waals surface area (Å²) in [5, 5.41) is 7.79. The van der Waals surface area contributed by atoms with E-state index in [0.717, 1.165) is 36.7 Å². The monoisotopic (exact) mass is 335 g/mol. The van der Waals surface area contributed by atoms with Gasteiger partial charge in [0.2, 0.25) is 5.16 Å². The maximum atomic E-state index is 5.68. The summed E-state index contributed by atoms with van der Waals surface area (Å²) in [6, 6.07) is 3.85. The molecular formula is C16H21N3O3S. The van der Waals surface area contributed by atoms with Crippen LogP contribution in [-0.4, -0.2) is 40.4 Å². The predicted octanol–water partition coefficient (Wildman–Crippen LogP) is 3.51. The standard InChI is InChI=1S/C16H21N3O3S/c1-12-5-6-13(22-12)7-8-14-17-16(19-18-14)23-11-10-21-15-4-2-3-9-20-15/h5-8,15H,2-4,9-11H2,1H3,(H,17,18,19)/b8-7+/t15-/m0/s1. The Bertz CT molecular complexity index is 632. The molecular weight excluding hydrogens is 314 g/mol. The van der Waals surface area contributed by atoms with Crippen molar-refractivity contribution in [3.05, 3.63) is 29.5 Å². The number of rotatable bonds is 7. The van der Waals surface area contributed by atoms with Crippen LogP contribution in [-0.2, 0) is 9.47 Å². The van der Waals surface area contributed by atoms with E-state index in [4.69, 9.17) is 13.9 Å². The molecule has 2 aromatic heterocycles. The largest absolute Gasteiger partial charge is 0.462 e. The highest BCUT2D eigenvalue weighted by Crippen LogP contribution is 2.17. The number of furan rings is 1. The lowest BCUT2D eigenvalue weighted by atomic mass is 10.2. The maximum Gasteiger partial charge on any atom is 0.208 e. The number of nitrogens with zero attached hydrogens (tertiary/aromatic N) is 2. The third-order valence-electron chi connectivity index (χ3n) is 3.40. The van der Waals surface area contributed by atoms with Crippen molar-refractivity contribution in [1.82, 2.24) is 15.2 Å². The molecule has 7 heteroatoms. The van der Waals surface area contributed by atoms with Gasteiger partial charge in [0.1, 0.15) is 17.3 Å². The fourth-order valence-corrected chi connectivity index (χ4v) is 2.89. The van der Waals surface area contributed by atoms with Crippen molar-refractivity contribution in [3.63, 3.8) is 0 Å². The number of nitrogens with one attached hydrogen (secondary N) is 1. The van der Waals surface area contributed by atoms with Gasteiger partial charge in [-0.3, -0.25) is 5.10 Å². The van der Waals surface area contributed by atoms with E-state index in [-0.39, 0.29) is 6.29 Å². The lowest BCUT2D eigenvalue weighted by Crippen LogP contribution is -2.23. The number of H-pyrrole nitrogens is 1. The number of aryl methyl sites for hydroxylation is 1. The van der Waals surface area contributed by atoms with Crippen LogP contribution in [0.15, 0.2) is 21.7 Å². The summed E-state index contributed by atoms with van der Waals surface area (Å²) in [5.41, 5.74) is 0. The van der Waals surface area contributed by atoms with E-state index < -0.39 is 0 Å². The second-order valence-corrected chi connectivity index (χ2v) is 6.36. The zero-order valence-electron chi connectivity index (χ0n) is 13.2. The highest BCUT2D eigenvalue weighted by atomic mass is 32.2. The molecule has 1 saturated heterocycles. The van der Waals surface area contributed by atoms with Crippen molar-refractivity contribution >= 4 is 23.9 Å². The molecule has 0 amide bonds. The molecule has 124 valence electrons. The van der Waals surface area contributed by atoms with Crippen LogP contribution in [0.1, 0.15) is 36.6 Å². The molecule has 0 saturated carbocycles. The van der Waals surface area contributed by atoms with E-state index >= 15 is 0 Å². The Morgan fingerprint density at radius 1 is 1.39 bits per heavy atom. The van der Waals surface area contributed by atoms with E-state index in [2.05, 4.69) is 15.2 Å². The molecule has 1 aliphatic heterocycles. The molecule has 0 radical (unpaired) electrons. The highest BCUT2D eigenvalue weighted by molar-refractivity contribution is 7.99. The summed E-state index contributed by atoms with van der Waals surface area (Å²) in [4.78, 5) is 4.40. The van der Waals surface area contributed by atoms with Crippen LogP contribution in [0, 0.1) is 6.92 Å². The summed E-state index contributed by atoms with van der Waals surface area (Å²) in [7, 11) is 0. The van der Waals surface area contributed by atoms with Crippen LogP contribution in [0.3, 0.4) is 0 Å². The van der Waals surface area contributed by atoms with Crippen LogP contribution in [0.2, 0.25) is 0 Å². The van der Waals surface area contributed by atoms with Crippen molar-refractivity contribution < 1.29 is 13.9 Å². The molecule has 1 fully saturated rings. The summed E-state index contributed by atoms with van der Waals surface area (Å²) in [5.74, 6) is 3.20. The SMILES string of the molecule is Cc1ccc(/C=C/c2nc(SCCO[C@H]3CCCCO3)n[nH]2)o1. The lowest BCUT2D eigenvalue weighted by molar-refractivity contribution is -0.158. The Hall–Kier alpha value is -1.57. The fraction of sp³-hybridized carbons (Fsp3) is 0.500. The van der Waals surface area contributed by atoms with Crippen LogP contribution < -0.4 is 0 Å². The van der Waals surface area contributed by atoms with Crippen LogP contribution in [0.4, 0.5) is 0 Å². The van der Waals surface area contributed by atoms with Gasteiger partial charge in [0, 0.05) is 12.4 Å². The first kappa shape index (κ1) is 16.3. The average Bonchev–Trinajstić information content (AvgIpc) is 3.19. The van der Waals surface area contributed by atoms with E-state index in [1.54, 1.807) is 11.8 Å². The number of aromatic nitrogens is 3. The number of aromatic amines is 1. The molecule has 0 bridgehead atoms. The Labute approximate surface area is 139 Å². The minimum atomic E-state index is -0.0354. The normalized spacial score (nSPS) is 18.7. The van der Waals surface area contributed by atoms with Gasteiger partial charge < -0.3 is 13.9 Å². The molecule has 23 heavy (non-hydrogen) atoms. The average molecular weight is 335 g/mol. The minimum absolute atomic E-state index is 0.0354. The van der Waals surface area contributed by atoms with Gasteiger partial charge in [-0.15, -0.1) is 5.10 Å². The van der Waals surface area contributed by atoms with Crippen LogP contribution in [0.5, 0.6) is 0 Å². The summed E-state index contributed by atoms with van der Waals surface area (Å²) in [6.07, 6.45) is 7.00. The van der Waals surface area contributed by atoms with Crippen molar-refractivity contribution in [2.24, 2.45) is 0 Å². The quantitative estimate of drug-likeness (QED) is 0.616. The van der Waals surface area contributed by atoms with Gasteiger partial charge in [0.25, 0.3) is 0 Å². The fourth-order valence-electron chi connectivity index (χ4n) is 2.26. The zero-order chi connectivity index (χ0) is 15.9. The van der Waals surface area contributed by atoms with Crippen LogP contribution in [0.25, 0.3) is 12.2 Å². The third-order valence-corrected chi connectivity index (χ3v) is 4.22. The van der Waals surface area contributed by atoms with E-state index in [1.165, 1.54) is 6.42 Å². The topological polar surface area (TPSA) is 73.2 Å². The summed E-state index contributed by atoms with van der Waals surface area (Å²) < 4.78 is 16.7. The van der Waals surface area contributed by atoms with Crippen molar-refractivity contribution in [2.45, 2.75) is 37.6 Å². The number of ether oxygens (including phenoxy) is 2. The Kier molecular flexibility index (Phi) is 5.90. The molecule has 3 heterocycles. The molecule has 0 aliphatic carbocycles. The first-order chi connectivity index (χ1) is 11.3. The Morgan fingerprint density at radius 3 is 3.13 bits per heavy atom. The first-order valence-electron chi connectivity index (χ1n) is 7.82. The van der Waals surface area contributed by atoms with Gasteiger partial charge in [0.15, 0.2) is 6.29 Å². The Balaban J connectivity index is 1.39. The van der Waals surface area contributed by atoms with Crippen molar-refractivity contribution in [2.75, 3.05) is 19.0 Å². The molecule has 1 aliphatic rings. The molecule has 0 unspecified atom stereocenters. The van der Waals surface area contributed by atoms with Gasteiger partial charge in [-0.25, -0.2) is 4.98 Å². The van der Waals surface area contributed by atoms with Gasteiger partial charge in [-0.2, -0.15) is 0 Å². The van der Waals surface area contributed by atoms with Gasteiger partial charge in [0.05, 0.1) is 6.61 Å². The lowest BCUT2D eigenvalue weighted by Gasteiger charge is -2.22.